The van der Waals surface area contributed by atoms with Crippen molar-refractivity contribution in [2.24, 2.45) is 17.3 Å². The van der Waals surface area contributed by atoms with Gasteiger partial charge >= 0.3 is 5.97 Å². The molecule has 0 bridgehead atoms. The van der Waals surface area contributed by atoms with E-state index >= 15 is 0 Å². The van der Waals surface area contributed by atoms with Gasteiger partial charge < -0.3 is 15.3 Å². The van der Waals surface area contributed by atoms with Crippen molar-refractivity contribution < 1.29 is 20.1 Å². The quantitative estimate of drug-likeness (QED) is 0.345. The Labute approximate surface area is 159 Å². The highest BCUT2D eigenvalue weighted by atomic mass is 16.4. The highest BCUT2D eigenvalue weighted by molar-refractivity contribution is 5.75. The number of hydrogen-bond acceptors (Lipinski definition) is 3. The van der Waals surface area contributed by atoms with Gasteiger partial charge in [0.1, 0.15) is 0 Å². The lowest BCUT2D eigenvalue weighted by molar-refractivity contribution is -0.154. The Morgan fingerprint density at radius 3 is 2.38 bits per heavy atom. The number of aliphatic hydroxyl groups excluding tert-OH is 1. The van der Waals surface area contributed by atoms with E-state index in [4.69, 9.17) is 5.11 Å². The van der Waals surface area contributed by atoms with Gasteiger partial charge in [0.2, 0.25) is 0 Å². The van der Waals surface area contributed by atoms with Crippen LogP contribution in [0.5, 0.6) is 0 Å². The molecule has 1 saturated carbocycles. The Kier molecular flexibility index (Phi) is 9.59. The van der Waals surface area contributed by atoms with E-state index in [-0.39, 0.29) is 18.4 Å². The van der Waals surface area contributed by atoms with E-state index in [1.807, 2.05) is 19.1 Å². The van der Waals surface area contributed by atoms with E-state index in [1.165, 1.54) is 0 Å². The molecule has 1 aliphatic rings. The molecule has 4 nitrogen and oxygen atoms in total. The van der Waals surface area contributed by atoms with Crippen LogP contribution in [0.15, 0.2) is 24.3 Å². The summed E-state index contributed by atoms with van der Waals surface area (Å²) in [6.07, 6.45) is 15.7. The van der Waals surface area contributed by atoms with Gasteiger partial charge in [0.15, 0.2) is 0 Å². The van der Waals surface area contributed by atoms with Crippen LogP contribution < -0.4 is 0 Å². The van der Waals surface area contributed by atoms with Gasteiger partial charge in [-0.1, -0.05) is 63.3 Å². The number of rotatable bonds is 12. The van der Waals surface area contributed by atoms with Crippen LogP contribution in [-0.4, -0.2) is 33.5 Å². The molecule has 26 heavy (non-hydrogen) atoms. The van der Waals surface area contributed by atoms with E-state index in [9.17, 15) is 15.0 Å². The molecule has 0 aromatic rings. The normalized spacial score (nSPS) is 21.9. The number of aliphatic carboxylic acids is 1. The summed E-state index contributed by atoms with van der Waals surface area (Å²) in [4.78, 5) is 12.2. The molecule has 0 spiro atoms. The maximum Gasteiger partial charge on any atom is 0.310 e. The van der Waals surface area contributed by atoms with Gasteiger partial charge in [0, 0.05) is 0 Å². The number of unbranched alkanes of at least 4 members (excludes halogenated alkanes) is 2. The molecule has 4 heteroatoms. The first-order valence-electron chi connectivity index (χ1n) is 10.2. The van der Waals surface area contributed by atoms with Crippen LogP contribution >= 0.6 is 0 Å². The molecule has 150 valence electrons. The fraction of sp³-hybridized carbons (Fsp3) is 0.773. The Hall–Kier alpha value is -1.13. The zero-order chi connectivity index (χ0) is 19.6. The minimum absolute atomic E-state index is 0.0433. The van der Waals surface area contributed by atoms with Crippen LogP contribution in [0.25, 0.3) is 0 Å². The van der Waals surface area contributed by atoms with Crippen LogP contribution in [-0.2, 0) is 4.79 Å². The molecule has 0 aliphatic heterocycles. The molecular weight excluding hydrogens is 328 g/mol. The van der Waals surface area contributed by atoms with E-state index in [1.54, 1.807) is 19.1 Å². The molecule has 1 fully saturated rings. The van der Waals surface area contributed by atoms with Crippen molar-refractivity contribution in [3.63, 3.8) is 0 Å². The summed E-state index contributed by atoms with van der Waals surface area (Å²) >= 11 is 0. The summed E-state index contributed by atoms with van der Waals surface area (Å²) in [5.74, 6) is -0.812. The Balaban J connectivity index is 3.02. The lowest BCUT2D eigenvalue weighted by Gasteiger charge is -2.37. The Morgan fingerprint density at radius 1 is 1.19 bits per heavy atom. The van der Waals surface area contributed by atoms with Crippen molar-refractivity contribution in [3.05, 3.63) is 24.3 Å². The van der Waals surface area contributed by atoms with Gasteiger partial charge in [-0.15, -0.1) is 0 Å². The molecule has 0 saturated heterocycles. The van der Waals surface area contributed by atoms with Gasteiger partial charge in [0.25, 0.3) is 0 Å². The third-order valence-electron chi connectivity index (χ3n) is 6.07. The van der Waals surface area contributed by atoms with E-state index in [2.05, 4.69) is 6.92 Å². The summed E-state index contributed by atoms with van der Waals surface area (Å²) < 4.78 is 0. The minimum atomic E-state index is -0.913. The molecule has 0 heterocycles. The number of carboxylic acids is 1. The number of aliphatic hydroxyl groups is 2. The van der Waals surface area contributed by atoms with Crippen LogP contribution in [0.1, 0.15) is 78.6 Å². The molecule has 1 unspecified atom stereocenters. The molecule has 0 amide bonds. The van der Waals surface area contributed by atoms with Crippen LogP contribution in [0.4, 0.5) is 0 Å². The number of allylic oxidation sites excluding steroid dienone is 2. The average molecular weight is 367 g/mol. The van der Waals surface area contributed by atoms with E-state index in [0.717, 1.165) is 44.9 Å². The smallest absolute Gasteiger partial charge is 0.310 e. The van der Waals surface area contributed by atoms with Gasteiger partial charge in [-0.2, -0.15) is 0 Å². The number of hydrogen-bond donors (Lipinski definition) is 3. The maximum absolute atomic E-state index is 12.2. The second kappa shape index (κ2) is 10.9. The van der Waals surface area contributed by atoms with Crippen molar-refractivity contribution in [2.45, 2.75) is 84.2 Å². The summed E-state index contributed by atoms with van der Waals surface area (Å²) in [7, 11) is 0. The summed E-state index contributed by atoms with van der Waals surface area (Å²) in [6.45, 7) is 5.75. The zero-order valence-electron chi connectivity index (χ0n) is 16.8. The second-order valence-electron chi connectivity index (χ2n) is 8.24. The molecule has 0 aromatic heterocycles. The fourth-order valence-corrected chi connectivity index (χ4v) is 4.14. The van der Waals surface area contributed by atoms with E-state index in [0.29, 0.717) is 12.8 Å². The monoisotopic (exact) mass is 366 g/mol. The van der Waals surface area contributed by atoms with Gasteiger partial charge in [-0.3, -0.25) is 4.79 Å². The van der Waals surface area contributed by atoms with Crippen molar-refractivity contribution in [3.8, 4) is 0 Å². The van der Waals surface area contributed by atoms with Crippen LogP contribution in [0, 0.1) is 17.3 Å². The summed E-state index contributed by atoms with van der Waals surface area (Å²) in [5, 5.41) is 29.7. The predicted octanol–water partition coefficient (Wildman–Crippen LogP) is 4.71. The van der Waals surface area contributed by atoms with Gasteiger partial charge in [-0.05, 0) is 51.4 Å². The minimum Gasteiger partial charge on any atom is -0.481 e. The number of carboxylic acid groups (broad SMARTS) is 1. The molecule has 1 rings (SSSR count). The highest BCUT2D eigenvalue weighted by Gasteiger charge is 2.47. The van der Waals surface area contributed by atoms with Crippen LogP contribution in [0.2, 0.25) is 0 Å². The lowest BCUT2D eigenvalue weighted by Crippen LogP contribution is -2.41. The SMILES string of the molecule is CCCCCC(C)(O)/C=C\[C@H](C/C=C/CO)[C@](C)(C(=O)O)C1CCCC1. The maximum atomic E-state index is 12.2. The molecule has 3 N–H and O–H groups in total. The van der Waals surface area contributed by atoms with Crippen molar-refractivity contribution >= 4 is 5.97 Å². The first-order chi connectivity index (χ1) is 12.3. The largest absolute Gasteiger partial charge is 0.481 e. The number of carbonyl (C=O) groups is 1. The first kappa shape index (κ1) is 22.9. The molecule has 3 atom stereocenters. The standard InChI is InChI=1S/C22H38O4/c1-4-5-9-15-21(2,26)16-14-19(13-8-10-17-23)22(3,20(24)25)18-11-6-7-12-18/h8,10,14,16,18-19,23,26H,4-7,9,11-13,15,17H2,1-3H3,(H,24,25)/b10-8+,16-14-/t19-,21?,22+/m0/s1. The molecule has 0 aromatic carbocycles. The fourth-order valence-electron chi connectivity index (χ4n) is 4.14. The zero-order valence-corrected chi connectivity index (χ0v) is 16.8. The highest BCUT2D eigenvalue weighted by Crippen LogP contribution is 2.47. The van der Waals surface area contributed by atoms with Gasteiger partial charge in [0.05, 0.1) is 17.6 Å². The molecule has 1 aliphatic carbocycles. The summed E-state index contributed by atoms with van der Waals surface area (Å²) in [5.41, 5.74) is -1.77. The lowest BCUT2D eigenvalue weighted by atomic mass is 9.65. The topological polar surface area (TPSA) is 77.8 Å². The molecule has 0 radical (unpaired) electrons. The third kappa shape index (κ3) is 6.55. The Bertz CT molecular complexity index is 475. The van der Waals surface area contributed by atoms with Crippen molar-refractivity contribution in [1.82, 2.24) is 0 Å². The summed E-state index contributed by atoms with van der Waals surface area (Å²) in [6, 6.07) is 0. The second-order valence-corrected chi connectivity index (χ2v) is 8.24. The predicted molar refractivity (Wildman–Crippen MR) is 106 cm³/mol. The van der Waals surface area contributed by atoms with Crippen molar-refractivity contribution in [2.75, 3.05) is 6.61 Å². The Morgan fingerprint density at radius 2 is 1.85 bits per heavy atom. The average Bonchev–Trinajstić information content (AvgIpc) is 3.12. The van der Waals surface area contributed by atoms with Crippen LogP contribution in [0.3, 0.4) is 0 Å². The first-order valence-corrected chi connectivity index (χ1v) is 10.2. The van der Waals surface area contributed by atoms with E-state index < -0.39 is 17.0 Å². The van der Waals surface area contributed by atoms with Crippen molar-refractivity contribution in [1.29, 1.82) is 0 Å². The molecular formula is C22H38O4. The van der Waals surface area contributed by atoms with Gasteiger partial charge in [-0.25, -0.2) is 0 Å². The third-order valence-corrected chi connectivity index (χ3v) is 6.07.